The summed E-state index contributed by atoms with van der Waals surface area (Å²) >= 11 is 12.4. The van der Waals surface area contributed by atoms with Gasteiger partial charge in [-0.15, -0.1) is 0 Å². The first-order valence-electron chi connectivity index (χ1n) is 7.94. The van der Waals surface area contributed by atoms with Gasteiger partial charge in [0.2, 0.25) is 5.91 Å². The van der Waals surface area contributed by atoms with Gasteiger partial charge in [0.05, 0.1) is 15.7 Å². The Labute approximate surface area is 158 Å². The molecule has 1 saturated heterocycles. The molecule has 1 amide bonds. The highest BCUT2D eigenvalue weighted by atomic mass is 35.5. The molecular formula is C18H14Cl2F2N2O2. The Kier molecular flexibility index (Phi) is 5.53. The first-order chi connectivity index (χ1) is 12.4. The van der Waals surface area contributed by atoms with E-state index >= 15 is 0 Å². The van der Waals surface area contributed by atoms with Crippen molar-refractivity contribution in [3.63, 3.8) is 0 Å². The highest BCUT2D eigenvalue weighted by Gasteiger charge is 2.36. The van der Waals surface area contributed by atoms with Crippen molar-refractivity contribution in [2.45, 2.75) is 18.9 Å². The van der Waals surface area contributed by atoms with Crippen molar-refractivity contribution in [3.05, 3.63) is 68.5 Å². The normalized spacial score (nSPS) is 18.7. The standard InChI is InChI=1S/C18H14Cl2F2N2O2/c19-13-2-1-3-14(20)18(13)24-9-10(4-7-16(24)25)17(23-26)12-6-5-11(21)8-15(12)22/h1-3,5-6,8,10,17H,4,7,9H2. The molecular weight excluding hydrogens is 385 g/mol. The van der Waals surface area contributed by atoms with Crippen molar-refractivity contribution in [1.29, 1.82) is 0 Å². The number of hydrogen-bond acceptors (Lipinski definition) is 3. The quantitative estimate of drug-likeness (QED) is 0.636. The molecule has 2 aromatic carbocycles. The zero-order valence-corrected chi connectivity index (χ0v) is 15.0. The third kappa shape index (κ3) is 3.57. The number of nitrogens with zero attached hydrogens (tertiary/aromatic N) is 2. The van der Waals surface area contributed by atoms with Crippen LogP contribution in [0.25, 0.3) is 0 Å². The lowest BCUT2D eigenvalue weighted by molar-refractivity contribution is -0.120. The van der Waals surface area contributed by atoms with E-state index < -0.39 is 23.6 Å². The van der Waals surface area contributed by atoms with Gasteiger partial charge >= 0.3 is 0 Å². The van der Waals surface area contributed by atoms with E-state index in [2.05, 4.69) is 5.18 Å². The number of carbonyl (C=O) groups is 1. The van der Waals surface area contributed by atoms with Crippen LogP contribution in [0.4, 0.5) is 14.5 Å². The Morgan fingerprint density at radius 1 is 1.15 bits per heavy atom. The van der Waals surface area contributed by atoms with Crippen molar-refractivity contribution >= 4 is 34.8 Å². The van der Waals surface area contributed by atoms with E-state index in [-0.39, 0.29) is 24.4 Å². The average Bonchev–Trinajstić information content (AvgIpc) is 2.59. The molecule has 1 fully saturated rings. The van der Waals surface area contributed by atoms with Gasteiger partial charge in [-0.2, -0.15) is 4.91 Å². The minimum absolute atomic E-state index is 0.00551. The summed E-state index contributed by atoms with van der Waals surface area (Å²) < 4.78 is 27.3. The molecule has 3 rings (SSSR count). The van der Waals surface area contributed by atoms with Gasteiger partial charge in [-0.3, -0.25) is 4.79 Å². The minimum atomic E-state index is -1.05. The van der Waals surface area contributed by atoms with E-state index in [9.17, 15) is 18.5 Å². The fourth-order valence-corrected chi connectivity index (χ4v) is 3.83. The molecule has 0 saturated carbocycles. The van der Waals surface area contributed by atoms with E-state index in [4.69, 9.17) is 23.2 Å². The van der Waals surface area contributed by atoms with E-state index in [1.165, 1.54) is 11.0 Å². The summed E-state index contributed by atoms with van der Waals surface area (Å²) in [7, 11) is 0. The zero-order valence-electron chi connectivity index (χ0n) is 13.5. The summed E-state index contributed by atoms with van der Waals surface area (Å²) in [6.07, 6.45) is 0.492. The van der Waals surface area contributed by atoms with Crippen molar-refractivity contribution < 1.29 is 13.6 Å². The van der Waals surface area contributed by atoms with Gasteiger partial charge in [0.1, 0.15) is 17.7 Å². The lowest BCUT2D eigenvalue weighted by atomic mass is 9.86. The number of benzene rings is 2. The summed E-state index contributed by atoms with van der Waals surface area (Å²) in [6, 6.07) is 6.82. The van der Waals surface area contributed by atoms with Gasteiger partial charge in [0, 0.05) is 30.5 Å². The van der Waals surface area contributed by atoms with Gasteiger partial charge in [-0.05, 0) is 24.6 Å². The molecule has 2 atom stereocenters. The van der Waals surface area contributed by atoms with Gasteiger partial charge in [0.15, 0.2) is 0 Å². The van der Waals surface area contributed by atoms with Crippen LogP contribution in [0, 0.1) is 22.5 Å². The molecule has 0 radical (unpaired) electrons. The van der Waals surface area contributed by atoms with Gasteiger partial charge < -0.3 is 4.90 Å². The second-order valence-corrected chi connectivity index (χ2v) is 6.90. The lowest BCUT2D eigenvalue weighted by Crippen LogP contribution is -2.42. The second-order valence-electron chi connectivity index (χ2n) is 6.09. The van der Waals surface area contributed by atoms with E-state index in [0.717, 1.165) is 6.07 Å². The first kappa shape index (κ1) is 18.7. The molecule has 0 spiro atoms. The number of nitroso groups, excluding NO2 is 1. The molecule has 0 N–H and O–H groups in total. The number of para-hydroxylation sites is 1. The Hall–Kier alpha value is -2.05. The van der Waals surface area contributed by atoms with Crippen LogP contribution in [0.15, 0.2) is 41.6 Å². The molecule has 1 aliphatic rings. The molecule has 2 unspecified atom stereocenters. The van der Waals surface area contributed by atoms with Gasteiger partial charge in [0.25, 0.3) is 0 Å². The highest BCUT2D eigenvalue weighted by Crippen LogP contribution is 2.40. The fourth-order valence-electron chi connectivity index (χ4n) is 3.23. The minimum Gasteiger partial charge on any atom is -0.309 e. The lowest BCUT2D eigenvalue weighted by Gasteiger charge is -2.35. The van der Waals surface area contributed by atoms with Crippen LogP contribution >= 0.6 is 23.2 Å². The maximum Gasteiger partial charge on any atom is 0.227 e. The zero-order chi connectivity index (χ0) is 18.8. The van der Waals surface area contributed by atoms with Crippen LogP contribution in [-0.4, -0.2) is 12.5 Å². The first-order valence-corrected chi connectivity index (χ1v) is 8.69. The molecule has 2 aromatic rings. The topological polar surface area (TPSA) is 49.7 Å². The molecule has 8 heteroatoms. The largest absolute Gasteiger partial charge is 0.309 e. The highest BCUT2D eigenvalue weighted by molar-refractivity contribution is 6.39. The van der Waals surface area contributed by atoms with Crippen LogP contribution in [0.2, 0.25) is 10.0 Å². The number of amides is 1. The Morgan fingerprint density at radius 2 is 1.85 bits per heavy atom. The summed E-state index contributed by atoms with van der Waals surface area (Å²) in [5, 5.41) is 3.66. The van der Waals surface area contributed by atoms with E-state index in [1.54, 1.807) is 18.2 Å². The third-order valence-corrected chi connectivity index (χ3v) is 5.11. The second kappa shape index (κ2) is 7.68. The molecule has 26 heavy (non-hydrogen) atoms. The summed E-state index contributed by atoms with van der Waals surface area (Å²) in [4.78, 5) is 25.2. The van der Waals surface area contributed by atoms with Crippen LogP contribution in [-0.2, 0) is 4.79 Å². The number of carbonyl (C=O) groups excluding carboxylic acids is 1. The monoisotopic (exact) mass is 398 g/mol. The van der Waals surface area contributed by atoms with Crippen LogP contribution in [0.3, 0.4) is 0 Å². The van der Waals surface area contributed by atoms with Gasteiger partial charge in [-0.1, -0.05) is 40.5 Å². The number of hydrogen-bond donors (Lipinski definition) is 0. The number of anilines is 1. The number of piperidine rings is 1. The van der Waals surface area contributed by atoms with Crippen LogP contribution in [0.1, 0.15) is 24.4 Å². The summed E-state index contributed by atoms with van der Waals surface area (Å²) in [5.41, 5.74) is 0.362. The number of rotatable bonds is 4. The average molecular weight is 399 g/mol. The Balaban J connectivity index is 1.94. The summed E-state index contributed by atoms with van der Waals surface area (Å²) in [5.74, 6) is -2.22. The van der Waals surface area contributed by atoms with E-state index in [0.29, 0.717) is 28.2 Å². The number of halogens is 4. The molecule has 1 aliphatic heterocycles. The van der Waals surface area contributed by atoms with E-state index in [1.807, 2.05) is 0 Å². The van der Waals surface area contributed by atoms with Crippen LogP contribution < -0.4 is 4.90 Å². The third-order valence-electron chi connectivity index (χ3n) is 4.50. The molecule has 4 nitrogen and oxygen atoms in total. The van der Waals surface area contributed by atoms with Crippen molar-refractivity contribution in [2.75, 3.05) is 11.4 Å². The predicted molar refractivity (Wildman–Crippen MR) is 96.4 cm³/mol. The van der Waals surface area contributed by atoms with Crippen LogP contribution in [0.5, 0.6) is 0 Å². The molecule has 136 valence electrons. The molecule has 0 aromatic heterocycles. The van der Waals surface area contributed by atoms with Gasteiger partial charge in [-0.25, -0.2) is 8.78 Å². The fraction of sp³-hybridized carbons (Fsp3) is 0.278. The summed E-state index contributed by atoms with van der Waals surface area (Å²) in [6.45, 7) is 0.107. The van der Waals surface area contributed by atoms with Crippen molar-refractivity contribution in [2.24, 2.45) is 11.1 Å². The van der Waals surface area contributed by atoms with Crippen molar-refractivity contribution in [1.82, 2.24) is 0 Å². The predicted octanol–water partition coefficient (Wildman–Crippen LogP) is 5.52. The smallest absolute Gasteiger partial charge is 0.227 e. The Morgan fingerprint density at radius 3 is 2.46 bits per heavy atom. The van der Waals surface area contributed by atoms with Crippen molar-refractivity contribution in [3.8, 4) is 0 Å². The maximum atomic E-state index is 14.1. The maximum absolute atomic E-state index is 14.1. The molecule has 1 heterocycles. The Bertz CT molecular complexity index is 843. The molecule has 0 bridgehead atoms. The SMILES string of the molecule is O=NC(c1ccc(F)cc1F)C1CCC(=O)N(c2c(Cl)cccc2Cl)C1. The molecule has 0 aliphatic carbocycles.